The first-order valence-corrected chi connectivity index (χ1v) is 10.8. The lowest BCUT2D eigenvalue weighted by Gasteiger charge is -2.21. The second-order valence-corrected chi connectivity index (χ2v) is 8.16. The predicted molar refractivity (Wildman–Crippen MR) is 128 cm³/mol. The standard InChI is InChI=1S/C24H19Cl2FN4O2/c1-31-20-9-5-3-7-16(20)21(15-6-2-4-8-19(15)27)29-22(23(31)32)30-24(33)28-13-14-10-11-17(25)18(26)12-14/h2-12,22H,13H2,1H3,(H2,28,30,33). The molecule has 0 aliphatic carbocycles. The van der Waals surface area contributed by atoms with Gasteiger partial charge in [0.2, 0.25) is 6.17 Å². The summed E-state index contributed by atoms with van der Waals surface area (Å²) in [5.41, 5.74) is 2.38. The summed E-state index contributed by atoms with van der Waals surface area (Å²) in [5.74, 6) is -0.940. The van der Waals surface area contributed by atoms with Crippen LogP contribution in [0.5, 0.6) is 0 Å². The summed E-state index contributed by atoms with van der Waals surface area (Å²) in [7, 11) is 1.59. The van der Waals surface area contributed by atoms with Crippen molar-refractivity contribution >= 4 is 46.5 Å². The smallest absolute Gasteiger partial charge is 0.317 e. The zero-order chi connectivity index (χ0) is 23.5. The van der Waals surface area contributed by atoms with Crippen LogP contribution in [0.25, 0.3) is 0 Å². The summed E-state index contributed by atoms with van der Waals surface area (Å²) in [6.07, 6.45) is -1.26. The number of anilines is 1. The van der Waals surface area contributed by atoms with E-state index >= 15 is 0 Å². The maximum atomic E-state index is 14.7. The van der Waals surface area contributed by atoms with Gasteiger partial charge in [0.25, 0.3) is 5.91 Å². The molecule has 33 heavy (non-hydrogen) atoms. The molecule has 0 spiro atoms. The lowest BCUT2D eigenvalue weighted by atomic mass is 10.00. The van der Waals surface area contributed by atoms with Crippen LogP contribution in [-0.2, 0) is 11.3 Å². The second kappa shape index (κ2) is 9.60. The van der Waals surface area contributed by atoms with Crippen molar-refractivity contribution in [2.75, 3.05) is 11.9 Å². The lowest BCUT2D eigenvalue weighted by Crippen LogP contribution is -2.49. The van der Waals surface area contributed by atoms with Crippen LogP contribution in [0.1, 0.15) is 16.7 Å². The van der Waals surface area contributed by atoms with Crippen LogP contribution in [0.3, 0.4) is 0 Å². The summed E-state index contributed by atoms with van der Waals surface area (Å²) in [6.45, 7) is 0.156. The molecule has 6 nitrogen and oxygen atoms in total. The second-order valence-electron chi connectivity index (χ2n) is 7.35. The number of likely N-dealkylation sites (N-methyl/N-ethyl adjacent to an activating group) is 1. The Balaban J connectivity index is 1.62. The van der Waals surface area contributed by atoms with Crippen LogP contribution in [0.2, 0.25) is 10.0 Å². The van der Waals surface area contributed by atoms with E-state index in [1.807, 2.05) is 0 Å². The number of rotatable bonds is 4. The molecule has 1 atom stereocenters. The van der Waals surface area contributed by atoms with Crippen molar-refractivity contribution in [3.63, 3.8) is 0 Å². The Morgan fingerprint density at radius 1 is 1.03 bits per heavy atom. The molecule has 2 N–H and O–H groups in total. The summed E-state index contributed by atoms with van der Waals surface area (Å²) >= 11 is 11.9. The Hall–Kier alpha value is -3.42. The Kier molecular flexibility index (Phi) is 6.62. The van der Waals surface area contributed by atoms with Crippen LogP contribution in [0.15, 0.2) is 71.7 Å². The third-order valence-electron chi connectivity index (χ3n) is 5.18. The van der Waals surface area contributed by atoms with Crippen molar-refractivity contribution in [1.29, 1.82) is 0 Å². The number of benzodiazepines with no additional fused rings is 1. The van der Waals surface area contributed by atoms with Crippen molar-refractivity contribution in [2.45, 2.75) is 12.7 Å². The predicted octanol–water partition coefficient (Wildman–Crippen LogP) is 4.77. The molecule has 1 aliphatic rings. The number of nitrogens with zero attached hydrogens (tertiary/aromatic N) is 2. The topological polar surface area (TPSA) is 73.8 Å². The number of benzene rings is 3. The zero-order valence-electron chi connectivity index (χ0n) is 17.5. The molecule has 0 radical (unpaired) electrons. The van der Waals surface area contributed by atoms with Gasteiger partial charge in [0.05, 0.1) is 21.4 Å². The van der Waals surface area contributed by atoms with Gasteiger partial charge in [0.1, 0.15) is 5.82 Å². The number of urea groups is 1. The number of hydrogen-bond acceptors (Lipinski definition) is 3. The van der Waals surface area contributed by atoms with Gasteiger partial charge in [-0.05, 0) is 35.9 Å². The van der Waals surface area contributed by atoms with Crippen molar-refractivity contribution in [3.8, 4) is 0 Å². The molecule has 9 heteroatoms. The molecule has 3 aromatic carbocycles. The third-order valence-corrected chi connectivity index (χ3v) is 5.92. The number of nitrogens with one attached hydrogen (secondary N) is 2. The molecule has 0 fully saturated rings. The van der Waals surface area contributed by atoms with Gasteiger partial charge in [-0.3, -0.25) is 4.79 Å². The summed E-state index contributed by atoms with van der Waals surface area (Å²) < 4.78 is 14.7. The van der Waals surface area contributed by atoms with E-state index in [1.54, 1.807) is 67.7 Å². The van der Waals surface area contributed by atoms with Crippen LogP contribution in [0.4, 0.5) is 14.9 Å². The van der Waals surface area contributed by atoms with E-state index in [4.69, 9.17) is 23.2 Å². The fourth-order valence-electron chi connectivity index (χ4n) is 3.49. The Bertz CT molecular complexity index is 1260. The van der Waals surface area contributed by atoms with E-state index in [0.717, 1.165) is 5.56 Å². The van der Waals surface area contributed by atoms with Gasteiger partial charge in [0, 0.05) is 24.7 Å². The third kappa shape index (κ3) is 4.84. The molecule has 0 saturated heterocycles. The first-order chi connectivity index (χ1) is 15.8. The average molecular weight is 485 g/mol. The van der Waals surface area contributed by atoms with Gasteiger partial charge in [0.15, 0.2) is 0 Å². The van der Waals surface area contributed by atoms with E-state index in [2.05, 4.69) is 15.6 Å². The van der Waals surface area contributed by atoms with Gasteiger partial charge in [-0.15, -0.1) is 0 Å². The molecular formula is C24H19Cl2FN4O2. The fourth-order valence-corrected chi connectivity index (χ4v) is 3.81. The number of carbonyl (C=O) groups is 2. The molecule has 3 aromatic rings. The summed E-state index contributed by atoms with van der Waals surface area (Å²) in [5, 5.41) is 6.03. The number of aliphatic imine (C=N–C) groups is 1. The highest BCUT2D eigenvalue weighted by atomic mass is 35.5. The first-order valence-electron chi connectivity index (χ1n) is 10.0. The number of para-hydroxylation sites is 1. The molecule has 0 bridgehead atoms. The molecule has 4 rings (SSSR count). The number of fused-ring (bicyclic) bond motifs is 1. The van der Waals surface area contributed by atoms with Crippen LogP contribution in [-0.4, -0.2) is 30.9 Å². The number of amides is 3. The SMILES string of the molecule is CN1C(=O)C(NC(=O)NCc2ccc(Cl)c(Cl)c2)N=C(c2ccccc2F)c2ccccc21. The number of halogens is 3. The number of carbonyl (C=O) groups excluding carboxylic acids is 2. The Morgan fingerprint density at radius 2 is 1.73 bits per heavy atom. The van der Waals surface area contributed by atoms with E-state index in [1.165, 1.54) is 11.0 Å². The molecule has 0 aromatic heterocycles. The summed E-state index contributed by atoms with van der Waals surface area (Å²) in [4.78, 5) is 31.6. The summed E-state index contributed by atoms with van der Waals surface area (Å²) in [6, 6.07) is 17.6. The highest BCUT2D eigenvalue weighted by Gasteiger charge is 2.31. The van der Waals surface area contributed by atoms with Crippen LogP contribution < -0.4 is 15.5 Å². The quantitative estimate of drug-likeness (QED) is 0.559. The number of hydrogen-bond donors (Lipinski definition) is 2. The highest BCUT2D eigenvalue weighted by molar-refractivity contribution is 6.42. The van der Waals surface area contributed by atoms with E-state index in [9.17, 15) is 14.0 Å². The molecule has 1 aliphatic heterocycles. The van der Waals surface area contributed by atoms with Gasteiger partial charge in [-0.1, -0.05) is 59.6 Å². The van der Waals surface area contributed by atoms with Gasteiger partial charge in [-0.25, -0.2) is 14.2 Å². The minimum atomic E-state index is -1.26. The zero-order valence-corrected chi connectivity index (χ0v) is 19.0. The molecule has 0 saturated carbocycles. The average Bonchev–Trinajstić information content (AvgIpc) is 2.91. The first kappa shape index (κ1) is 22.8. The molecule has 3 amide bonds. The lowest BCUT2D eigenvalue weighted by molar-refractivity contribution is -0.119. The van der Waals surface area contributed by atoms with E-state index in [-0.39, 0.29) is 17.8 Å². The maximum absolute atomic E-state index is 14.7. The molecule has 168 valence electrons. The normalized spacial score (nSPS) is 15.4. The monoisotopic (exact) mass is 484 g/mol. The van der Waals surface area contributed by atoms with Gasteiger partial charge in [-0.2, -0.15) is 0 Å². The van der Waals surface area contributed by atoms with Crippen molar-refractivity contribution in [1.82, 2.24) is 10.6 Å². The largest absolute Gasteiger partial charge is 0.334 e. The van der Waals surface area contributed by atoms with Crippen molar-refractivity contribution < 1.29 is 14.0 Å². The van der Waals surface area contributed by atoms with E-state index < -0.39 is 23.9 Å². The minimum Gasteiger partial charge on any atom is -0.334 e. The Labute approximate surface area is 200 Å². The molecule has 1 heterocycles. The van der Waals surface area contributed by atoms with Crippen LogP contribution in [0, 0.1) is 5.82 Å². The maximum Gasteiger partial charge on any atom is 0.317 e. The Morgan fingerprint density at radius 3 is 2.45 bits per heavy atom. The fraction of sp³-hybridized carbons (Fsp3) is 0.125. The van der Waals surface area contributed by atoms with E-state index in [0.29, 0.717) is 21.3 Å². The highest BCUT2D eigenvalue weighted by Crippen LogP contribution is 2.28. The van der Waals surface area contributed by atoms with Crippen molar-refractivity contribution in [2.24, 2.45) is 4.99 Å². The molecular weight excluding hydrogens is 466 g/mol. The van der Waals surface area contributed by atoms with Gasteiger partial charge >= 0.3 is 6.03 Å². The van der Waals surface area contributed by atoms with Crippen molar-refractivity contribution in [3.05, 3.63) is 99.3 Å². The molecule has 1 unspecified atom stereocenters. The van der Waals surface area contributed by atoms with Crippen LogP contribution >= 0.6 is 23.2 Å². The minimum absolute atomic E-state index is 0.156. The van der Waals surface area contributed by atoms with Gasteiger partial charge < -0.3 is 15.5 Å².